The van der Waals surface area contributed by atoms with Crippen LogP contribution in [0.25, 0.3) is 0 Å². The first-order valence-corrected chi connectivity index (χ1v) is 7.53. The molecule has 0 fully saturated rings. The maximum Gasteiger partial charge on any atom is 0.433 e. The van der Waals surface area contributed by atoms with E-state index in [0.717, 1.165) is 16.6 Å². The first-order chi connectivity index (χ1) is 9.70. The van der Waals surface area contributed by atoms with Crippen LogP contribution in [-0.2, 0) is 6.18 Å². The molecule has 112 valence electrons. The fourth-order valence-electron chi connectivity index (χ4n) is 1.67. The van der Waals surface area contributed by atoms with Crippen molar-refractivity contribution < 1.29 is 18.3 Å². The molecule has 2 rings (SSSR count). The third kappa shape index (κ3) is 3.77. The number of pyridine rings is 1. The summed E-state index contributed by atoms with van der Waals surface area (Å²) in [6.07, 6.45) is -5.75. The lowest BCUT2D eigenvalue weighted by molar-refractivity contribution is -0.141. The zero-order valence-electron chi connectivity index (χ0n) is 10.1. The van der Waals surface area contributed by atoms with Crippen LogP contribution in [0.5, 0.6) is 0 Å². The van der Waals surface area contributed by atoms with Crippen LogP contribution in [-0.4, -0.2) is 10.1 Å². The van der Waals surface area contributed by atoms with E-state index in [4.69, 9.17) is 11.6 Å². The molecule has 0 amide bonds. The third-order valence-corrected chi connectivity index (χ3v) is 4.90. The van der Waals surface area contributed by atoms with Gasteiger partial charge >= 0.3 is 6.18 Å². The minimum Gasteiger partial charge on any atom is -0.384 e. The van der Waals surface area contributed by atoms with Gasteiger partial charge in [-0.3, -0.25) is 0 Å². The number of aliphatic hydroxyl groups is 1. The summed E-state index contributed by atoms with van der Waals surface area (Å²) in [5.41, 5.74) is -0.507. The first-order valence-electron chi connectivity index (χ1n) is 5.57. The minimum atomic E-state index is -4.58. The Labute approximate surface area is 140 Å². The monoisotopic (exact) mass is 443 g/mol. The zero-order valence-corrected chi connectivity index (χ0v) is 14.1. The van der Waals surface area contributed by atoms with Gasteiger partial charge in [0.05, 0.1) is 0 Å². The number of benzene rings is 1. The average Bonchev–Trinajstić information content (AvgIpc) is 2.40. The maximum atomic E-state index is 12.5. The number of aromatic nitrogens is 1. The van der Waals surface area contributed by atoms with Crippen LogP contribution < -0.4 is 0 Å². The molecule has 0 spiro atoms. The predicted octanol–water partition coefficient (Wildman–Crippen LogP) is 5.36. The van der Waals surface area contributed by atoms with Gasteiger partial charge in [0.1, 0.15) is 17.0 Å². The standard InChI is InChI=1S/C13H7Br2ClF3NO/c14-8-3-1-6(5-9(8)15)11(21)7-2-4-10(13(17,18)19)20-12(7)16/h1-5,11,21H. The molecule has 1 atom stereocenters. The molecule has 1 unspecified atom stereocenters. The first kappa shape index (κ1) is 16.7. The van der Waals surface area contributed by atoms with E-state index in [-0.39, 0.29) is 10.7 Å². The van der Waals surface area contributed by atoms with Crippen LogP contribution in [0.3, 0.4) is 0 Å². The Morgan fingerprint density at radius 3 is 2.29 bits per heavy atom. The van der Waals surface area contributed by atoms with Gasteiger partial charge in [0.15, 0.2) is 0 Å². The van der Waals surface area contributed by atoms with Crippen molar-refractivity contribution >= 4 is 43.5 Å². The van der Waals surface area contributed by atoms with E-state index in [1.807, 2.05) is 0 Å². The van der Waals surface area contributed by atoms with Crippen LogP contribution in [0.15, 0.2) is 39.3 Å². The molecule has 0 saturated heterocycles. The summed E-state index contributed by atoms with van der Waals surface area (Å²) in [4.78, 5) is 3.29. The normalized spacial score (nSPS) is 13.3. The summed E-state index contributed by atoms with van der Waals surface area (Å²) >= 11 is 12.3. The Kier molecular flexibility index (Phi) is 4.97. The van der Waals surface area contributed by atoms with Crippen molar-refractivity contribution in [2.75, 3.05) is 0 Å². The van der Waals surface area contributed by atoms with Crippen molar-refractivity contribution in [3.63, 3.8) is 0 Å². The molecule has 1 aromatic carbocycles. The molecule has 0 radical (unpaired) electrons. The van der Waals surface area contributed by atoms with Crippen molar-refractivity contribution in [2.24, 2.45) is 0 Å². The molecular formula is C13H7Br2ClF3NO. The predicted molar refractivity (Wildman–Crippen MR) is 80.2 cm³/mol. The third-order valence-electron chi connectivity index (χ3n) is 2.72. The highest BCUT2D eigenvalue weighted by Crippen LogP contribution is 2.34. The summed E-state index contributed by atoms with van der Waals surface area (Å²) in [6.45, 7) is 0. The minimum absolute atomic E-state index is 0.110. The lowest BCUT2D eigenvalue weighted by Crippen LogP contribution is -2.10. The number of halogens is 6. The van der Waals surface area contributed by atoms with Gasteiger partial charge in [0.25, 0.3) is 0 Å². The van der Waals surface area contributed by atoms with Gasteiger partial charge in [0.2, 0.25) is 0 Å². The van der Waals surface area contributed by atoms with Crippen LogP contribution in [0.4, 0.5) is 13.2 Å². The molecule has 0 aliphatic heterocycles. The summed E-state index contributed by atoms with van der Waals surface area (Å²) < 4.78 is 39.1. The molecule has 8 heteroatoms. The van der Waals surface area contributed by atoms with Crippen molar-refractivity contribution in [1.82, 2.24) is 4.98 Å². The van der Waals surface area contributed by atoms with Gasteiger partial charge in [0, 0.05) is 14.5 Å². The molecule has 1 aromatic heterocycles. The van der Waals surface area contributed by atoms with E-state index in [9.17, 15) is 18.3 Å². The Hall–Kier alpha value is -0.630. The van der Waals surface area contributed by atoms with Crippen molar-refractivity contribution in [3.05, 3.63) is 61.3 Å². The highest BCUT2D eigenvalue weighted by molar-refractivity contribution is 9.13. The highest BCUT2D eigenvalue weighted by Gasteiger charge is 2.33. The molecule has 21 heavy (non-hydrogen) atoms. The van der Waals surface area contributed by atoms with Crippen LogP contribution in [0, 0.1) is 0 Å². The fourth-order valence-corrected chi connectivity index (χ4v) is 2.57. The van der Waals surface area contributed by atoms with Crippen LogP contribution in [0.2, 0.25) is 5.15 Å². The molecule has 0 aliphatic rings. The van der Waals surface area contributed by atoms with E-state index in [1.165, 1.54) is 0 Å². The van der Waals surface area contributed by atoms with Gasteiger partial charge < -0.3 is 5.11 Å². The highest BCUT2D eigenvalue weighted by atomic mass is 79.9. The van der Waals surface area contributed by atoms with E-state index < -0.39 is 18.0 Å². The number of aliphatic hydroxyl groups excluding tert-OH is 1. The quantitative estimate of drug-likeness (QED) is 0.632. The summed E-state index contributed by atoms with van der Waals surface area (Å²) in [5.74, 6) is 0. The maximum absolute atomic E-state index is 12.5. The Bertz CT molecular complexity index is 679. The van der Waals surface area contributed by atoms with Crippen LogP contribution in [0.1, 0.15) is 22.9 Å². The van der Waals surface area contributed by atoms with Gasteiger partial charge in [-0.15, -0.1) is 0 Å². The van der Waals surface area contributed by atoms with Crippen LogP contribution >= 0.6 is 43.5 Å². The second-order valence-electron chi connectivity index (χ2n) is 4.15. The number of nitrogens with zero attached hydrogens (tertiary/aromatic N) is 1. The molecule has 2 nitrogen and oxygen atoms in total. The van der Waals surface area contributed by atoms with Gasteiger partial charge in [-0.05, 0) is 55.6 Å². The molecule has 0 bridgehead atoms. The topological polar surface area (TPSA) is 33.1 Å². The zero-order chi connectivity index (χ0) is 15.8. The van der Waals surface area contributed by atoms with Crippen molar-refractivity contribution in [2.45, 2.75) is 12.3 Å². The number of hydrogen-bond donors (Lipinski definition) is 1. The Balaban J connectivity index is 2.39. The second-order valence-corrected chi connectivity index (χ2v) is 6.22. The number of rotatable bonds is 2. The van der Waals surface area contributed by atoms with E-state index in [2.05, 4.69) is 36.8 Å². The lowest BCUT2D eigenvalue weighted by atomic mass is 10.0. The molecule has 1 heterocycles. The van der Waals surface area contributed by atoms with E-state index in [1.54, 1.807) is 18.2 Å². The van der Waals surface area contributed by atoms with Crippen molar-refractivity contribution in [3.8, 4) is 0 Å². The fraction of sp³-hybridized carbons (Fsp3) is 0.154. The molecular weight excluding hydrogens is 438 g/mol. The van der Waals surface area contributed by atoms with Gasteiger partial charge in [-0.25, -0.2) is 4.98 Å². The van der Waals surface area contributed by atoms with Gasteiger partial charge in [-0.2, -0.15) is 13.2 Å². The summed E-state index contributed by atoms with van der Waals surface area (Å²) in [7, 11) is 0. The number of alkyl halides is 3. The summed E-state index contributed by atoms with van der Waals surface area (Å²) in [6, 6.07) is 6.89. The van der Waals surface area contributed by atoms with E-state index >= 15 is 0 Å². The second kappa shape index (κ2) is 6.24. The molecule has 1 N–H and O–H groups in total. The largest absolute Gasteiger partial charge is 0.433 e. The average molecular weight is 445 g/mol. The Morgan fingerprint density at radius 1 is 1.10 bits per heavy atom. The Morgan fingerprint density at radius 2 is 1.76 bits per heavy atom. The molecule has 2 aromatic rings. The SMILES string of the molecule is OC(c1ccc(Br)c(Br)c1)c1ccc(C(F)(F)F)nc1Cl. The summed E-state index contributed by atoms with van der Waals surface area (Å²) in [5, 5.41) is 9.86. The lowest BCUT2D eigenvalue weighted by Gasteiger charge is -2.15. The van der Waals surface area contributed by atoms with Gasteiger partial charge in [-0.1, -0.05) is 23.7 Å². The number of hydrogen-bond acceptors (Lipinski definition) is 2. The molecule has 0 saturated carbocycles. The van der Waals surface area contributed by atoms with Crippen molar-refractivity contribution in [1.29, 1.82) is 0 Å². The molecule has 0 aliphatic carbocycles. The smallest absolute Gasteiger partial charge is 0.384 e. The van der Waals surface area contributed by atoms with E-state index in [0.29, 0.717) is 10.0 Å².